The van der Waals surface area contributed by atoms with Gasteiger partial charge in [0, 0.05) is 24.0 Å². The summed E-state index contributed by atoms with van der Waals surface area (Å²) in [5.41, 5.74) is 2.30. The molecule has 6 nitrogen and oxygen atoms in total. The summed E-state index contributed by atoms with van der Waals surface area (Å²) in [6.07, 6.45) is 2.85. The minimum Gasteiger partial charge on any atom is -0.480 e. The number of halogens is 1. The highest BCUT2D eigenvalue weighted by Crippen LogP contribution is 2.21. The third-order valence-corrected chi connectivity index (χ3v) is 4.03. The summed E-state index contributed by atoms with van der Waals surface area (Å²) in [6, 6.07) is 5.12. The topological polar surface area (TPSA) is 56.1 Å². The summed E-state index contributed by atoms with van der Waals surface area (Å²) < 4.78 is 25.0. The monoisotopic (exact) mass is 333 g/mol. The molecule has 0 bridgehead atoms. The summed E-state index contributed by atoms with van der Waals surface area (Å²) in [5.74, 6) is 0.325. The molecule has 0 N–H and O–H groups in total. The Balaban J connectivity index is 1.69. The third-order valence-electron chi connectivity index (χ3n) is 3.37. The maximum atomic E-state index is 14.2. The summed E-state index contributed by atoms with van der Waals surface area (Å²) in [6.45, 7) is 1.31. The van der Waals surface area contributed by atoms with Gasteiger partial charge in [0.15, 0.2) is 0 Å². The van der Waals surface area contributed by atoms with Crippen LogP contribution in [0.15, 0.2) is 36.2 Å². The molecule has 1 aromatic carbocycles. The van der Waals surface area contributed by atoms with E-state index in [2.05, 4.69) is 19.4 Å². The minimum atomic E-state index is -0.323. The van der Waals surface area contributed by atoms with Crippen LogP contribution in [-0.4, -0.2) is 38.2 Å². The summed E-state index contributed by atoms with van der Waals surface area (Å²) >= 11 is 1.36. The Morgan fingerprint density at radius 2 is 2.22 bits per heavy atom. The Hall–Kier alpha value is -2.32. The largest absolute Gasteiger partial charge is 0.480 e. The predicted octanol–water partition coefficient (Wildman–Crippen LogP) is 2.50. The van der Waals surface area contributed by atoms with Crippen molar-refractivity contribution in [3.8, 4) is 11.6 Å². The fraction of sp³-hybridized carbons (Fsp3) is 0.267. The third kappa shape index (κ3) is 3.54. The van der Waals surface area contributed by atoms with Crippen LogP contribution in [0.2, 0.25) is 0 Å². The molecule has 0 atom stereocenters. The van der Waals surface area contributed by atoms with Gasteiger partial charge in [0.1, 0.15) is 24.2 Å². The lowest BCUT2D eigenvalue weighted by Crippen LogP contribution is -2.17. The molecule has 3 aromatic rings. The number of rotatable bonds is 6. The lowest BCUT2D eigenvalue weighted by molar-refractivity contribution is 0.308. The van der Waals surface area contributed by atoms with Gasteiger partial charge in [0.2, 0.25) is 5.88 Å². The first-order chi connectivity index (χ1) is 11.2. The van der Waals surface area contributed by atoms with Crippen LogP contribution in [-0.2, 0) is 13.1 Å². The van der Waals surface area contributed by atoms with Crippen LogP contribution in [0.3, 0.4) is 0 Å². The van der Waals surface area contributed by atoms with Crippen molar-refractivity contribution in [2.24, 2.45) is 0 Å². The Kier molecular flexibility index (Phi) is 4.63. The van der Waals surface area contributed by atoms with Crippen molar-refractivity contribution in [3.63, 3.8) is 0 Å². The van der Waals surface area contributed by atoms with Crippen LogP contribution >= 0.6 is 11.5 Å². The highest BCUT2D eigenvalue weighted by atomic mass is 32.1. The zero-order chi connectivity index (χ0) is 16.2. The standard InChI is InChI=1S/C15H16FN5OS/c1-20(7-12-8-23-19-15(12)22-2)6-11-3-4-14(13(16)5-11)21-10-17-9-18-21/h3-5,8-10H,6-7H2,1-2H3. The molecule has 0 spiro atoms. The molecule has 0 saturated carbocycles. The molecule has 120 valence electrons. The van der Waals surface area contributed by atoms with E-state index in [9.17, 15) is 4.39 Å². The Morgan fingerprint density at radius 3 is 2.91 bits per heavy atom. The minimum absolute atomic E-state index is 0.323. The fourth-order valence-corrected chi connectivity index (χ4v) is 2.99. The van der Waals surface area contributed by atoms with Crippen LogP contribution in [0.1, 0.15) is 11.1 Å². The molecule has 8 heteroatoms. The van der Waals surface area contributed by atoms with Crippen molar-refractivity contribution in [1.82, 2.24) is 24.0 Å². The summed E-state index contributed by atoms with van der Waals surface area (Å²) in [5, 5.41) is 5.90. The average molecular weight is 333 g/mol. The molecule has 0 aliphatic carbocycles. The molecule has 2 heterocycles. The van der Waals surface area contributed by atoms with Gasteiger partial charge in [0.25, 0.3) is 0 Å². The smallest absolute Gasteiger partial charge is 0.229 e. The molecule has 0 fully saturated rings. The van der Waals surface area contributed by atoms with E-state index in [0.29, 0.717) is 24.7 Å². The Bertz CT molecular complexity index is 774. The molecule has 0 radical (unpaired) electrons. The highest BCUT2D eigenvalue weighted by molar-refractivity contribution is 7.03. The molecule has 0 unspecified atom stereocenters. The second-order valence-corrected chi connectivity index (χ2v) is 5.78. The molecular formula is C15H16FN5OS. The van der Waals surface area contributed by atoms with Gasteiger partial charge in [-0.15, -0.1) is 0 Å². The van der Waals surface area contributed by atoms with Crippen molar-refractivity contribution in [2.45, 2.75) is 13.1 Å². The van der Waals surface area contributed by atoms with Gasteiger partial charge in [0.05, 0.1) is 7.11 Å². The van der Waals surface area contributed by atoms with Gasteiger partial charge >= 0.3 is 0 Å². The second kappa shape index (κ2) is 6.84. The van der Waals surface area contributed by atoms with Gasteiger partial charge in [-0.2, -0.15) is 9.47 Å². The van der Waals surface area contributed by atoms with Crippen molar-refractivity contribution >= 4 is 11.5 Å². The van der Waals surface area contributed by atoms with E-state index < -0.39 is 0 Å². The van der Waals surface area contributed by atoms with E-state index in [4.69, 9.17) is 4.74 Å². The molecule has 3 rings (SSSR count). The van der Waals surface area contributed by atoms with Crippen LogP contribution in [0.5, 0.6) is 5.88 Å². The maximum absolute atomic E-state index is 14.2. The lowest BCUT2D eigenvalue weighted by Gasteiger charge is -2.17. The van der Waals surface area contributed by atoms with E-state index in [1.807, 2.05) is 18.5 Å². The van der Waals surface area contributed by atoms with Gasteiger partial charge in [-0.05, 0) is 36.3 Å². The number of nitrogens with zero attached hydrogens (tertiary/aromatic N) is 5. The van der Waals surface area contributed by atoms with Crippen molar-refractivity contribution < 1.29 is 9.13 Å². The van der Waals surface area contributed by atoms with E-state index in [1.165, 1.54) is 34.9 Å². The van der Waals surface area contributed by atoms with Crippen LogP contribution in [0.25, 0.3) is 5.69 Å². The van der Waals surface area contributed by atoms with Crippen molar-refractivity contribution in [1.29, 1.82) is 0 Å². The van der Waals surface area contributed by atoms with Crippen molar-refractivity contribution in [3.05, 3.63) is 53.2 Å². The normalized spacial score (nSPS) is 11.1. The molecule has 0 saturated heterocycles. The van der Waals surface area contributed by atoms with Crippen LogP contribution in [0, 0.1) is 5.82 Å². The lowest BCUT2D eigenvalue weighted by atomic mass is 10.2. The van der Waals surface area contributed by atoms with Crippen LogP contribution in [0.4, 0.5) is 4.39 Å². The van der Waals surface area contributed by atoms with Crippen molar-refractivity contribution in [2.75, 3.05) is 14.2 Å². The Labute approximate surface area is 137 Å². The van der Waals surface area contributed by atoms with Gasteiger partial charge in [-0.25, -0.2) is 14.1 Å². The fourth-order valence-electron chi connectivity index (χ4n) is 2.35. The number of hydrogen-bond donors (Lipinski definition) is 0. The zero-order valence-corrected chi connectivity index (χ0v) is 13.6. The van der Waals surface area contributed by atoms with Gasteiger partial charge in [-0.1, -0.05) is 6.07 Å². The van der Waals surface area contributed by atoms with E-state index in [1.54, 1.807) is 13.2 Å². The van der Waals surface area contributed by atoms with Gasteiger partial charge < -0.3 is 4.74 Å². The molecule has 23 heavy (non-hydrogen) atoms. The van der Waals surface area contributed by atoms with Gasteiger partial charge in [-0.3, -0.25) is 4.90 Å². The number of ether oxygens (including phenoxy) is 1. The summed E-state index contributed by atoms with van der Waals surface area (Å²) in [4.78, 5) is 5.91. The molecular weight excluding hydrogens is 317 g/mol. The zero-order valence-electron chi connectivity index (χ0n) is 12.8. The molecule has 2 aromatic heterocycles. The number of aromatic nitrogens is 4. The molecule has 0 amide bonds. The first kappa shape index (κ1) is 15.6. The van der Waals surface area contributed by atoms with E-state index in [0.717, 1.165) is 11.1 Å². The van der Waals surface area contributed by atoms with E-state index in [-0.39, 0.29) is 5.82 Å². The number of benzene rings is 1. The SMILES string of the molecule is COc1nscc1CN(C)Cc1ccc(-n2cncn2)c(F)c1. The molecule has 0 aliphatic heterocycles. The second-order valence-electron chi connectivity index (χ2n) is 5.15. The first-order valence-electron chi connectivity index (χ1n) is 6.96. The first-order valence-corrected chi connectivity index (χ1v) is 7.80. The predicted molar refractivity (Wildman–Crippen MR) is 85.2 cm³/mol. The Morgan fingerprint density at radius 1 is 1.35 bits per heavy atom. The molecule has 0 aliphatic rings. The highest BCUT2D eigenvalue weighted by Gasteiger charge is 2.11. The summed E-state index contributed by atoms with van der Waals surface area (Å²) in [7, 11) is 3.58. The number of hydrogen-bond acceptors (Lipinski definition) is 6. The number of methoxy groups -OCH3 is 1. The van der Waals surface area contributed by atoms with Crippen LogP contribution < -0.4 is 4.74 Å². The van der Waals surface area contributed by atoms with E-state index >= 15 is 0 Å². The average Bonchev–Trinajstić information content (AvgIpc) is 3.18. The quantitative estimate of drug-likeness (QED) is 0.694. The maximum Gasteiger partial charge on any atom is 0.229 e.